The molecule has 0 N–H and O–H groups in total. The number of fused-ring (bicyclic) bond motifs is 3. The molecule has 3 nitrogen and oxygen atoms in total. The van der Waals surface area contributed by atoms with Gasteiger partial charge in [0.1, 0.15) is 22.0 Å². The van der Waals surface area contributed by atoms with Gasteiger partial charge in [-0.05, 0) is 36.8 Å². The number of furan rings is 1. The van der Waals surface area contributed by atoms with Crippen LogP contribution in [0, 0.1) is 6.92 Å². The van der Waals surface area contributed by atoms with Crippen molar-refractivity contribution in [1.82, 2.24) is 9.97 Å². The summed E-state index contributed by atoms with van der Waals surface area (Å²) in [4.78, 5) is 9.12. The van der Waals surface area contributed by atoms with Crippen molar-refractivity contribution in [1.29, 1.82) is 0 Å². The first kappa shape index (κ1) is 14.5. The fourth-order valence-electron chi connectivity index (χ4n) is 2.50. The molecular weight excluding hydrogens is 328 g/mol. The largest absolute Gasteiger partial charge is 0.451 e. The third-order valence-electron chi connectivity index (χ3n) is 3.59. The number of hydrogen-bond donors (Lipinski definition) is 0. The topological polar surface area (TPSA) is 38.9 Å². The zero-order chi connectivity index (χ0) is 15.8. The highest BCUT2D eigenvalue weighted by atomic mass is 35.5. The molecule has 4 rings (SSSR count). The molecule has 0 saturated heterocycles. The molecule has 0 unspecified atom stereocenters. The molecule has 0 bridgehead atoms. The monoisotopic (exact) mass is 340 g/mol. The molecule has 0 saturated carbocycles. The Labute approximate surface area is 142 Å². The van der Waals surface area contributed by atoms with E-state index >= 15 is 0 Å². The second-order valence-corrected chi connectivity index (χ2v) is 6.67. The molecule has 4 aromatic rings. The van der Waals surface area contributed by atoms with Gasteiger partial charge in [-0.15, -0.1) is 0 Å². The first-order valence-corrected chi connectivity index (χ1v) is 8.60. The van der Waals surface area contributed by atoms with Crippen LogP contribution in [0.2, 0.25) is 5.02 Å². The summed E-state index contributed by atoms with van der Waals surface area (Å²) < 4.78 is 5.98. The van der Waals surface area contributed by atoms with Gasteiger partial charge in [-0.3, -0.25) is 0 Å². The normalized spacial score (nSPS) is 11.4. The number of halogens is 1. The van der Waals surface area contributed by atoms with Crippen molar-refractivity contribution in [2.24, 2.45) is 0 Å². The Balaban J connectivity index is 1.75. The maximum absolute atomic E-state index is 5.98. The second kappa shape index (κ2) is 5.87. The Hall–Kier alpha value is -2.04. The Morgan fingerprint density at radius 3 is 2.65 bits per heavy atom. The molecule has 0 atom stereocenters. The minimum absolute atomic E-state index is 0.747. The maximum atomic E-state index is 5.98. The third kappa shape index (κ3) is 2.80. The summed E-state index contributed by atoms with van der Waals surface area (Å²) in [5, 5.41) is 2.65. The molecule has 2 aromatic carbocycles. The van der Waals surface area contributed by atoms with Crippen LogP contribution in [0.1, 0.15) is 11.4 Å². The molecule has 23 heavy (non-hydrogen) atoms. The van der Waals surface area contributed by atoms with Gasteiger partial charge in [0.25, 0.3) is 0 Å². The summed E-state index contributed by atoms with van der Waals surface area (Å²) in [7, 11) is 0. The molecule has 0 fully saturated rings. The average molecular weight is 341 g/mol. The Bertz CT molecular complexity index is 995. The lowest BCUT2D eigenvalue weighted by atomic mass is 10.2. The summed E-state index contributed by atoms with van der Waals surface area (Å²) in [6.45, 7) is 1.91. The van der Waals surface area contributed by atoms with Crippen LogP contribution in [0.3, 0.4) is 0 Å². The number of thioether (sulfide) groups is 1. The molecule has 0 radical (unpaired) electrons. The van der Waals surface area contributed by atoms with E-state index in [0.29, 0.717) is 0 Å². The highest BCUT2D eigenvalue weighted by Gasteiger charge is 2.14. The van der Waals surface area contributed by atoms with Crippen molar-refractivity contribution in [2.45, 2.75) is 17.7 Å². The number of aryl methyl sites for hydroxylation is 1. The van der Waals surface area contributed by atoms with Crippen molar-refractivity contribution in [3.05, 3.63) is 64.9 Å². The predicted octanol–water partition coefficient (Wildman–Crippen LogP) is 5.63. The number of para-hydroxylation sites is 1. The molecule has 0 aliphatic rings. The summed E-state index contributed by atoms with van der Waals surface area (Å²) in [5.74, 6) is 1.56. The molecule has 5 heteroatoms. The maximum Gasteiger partial charge on any atom is 0.186 e. The Morgan fingerprint density at radius 2 is 1.83 bits per heavy atom. The summed E-state index contributed by atoms with van der Waals surface area (Å²) in [6.07, 6.45) is 0. The lowest BCUT2D eigenvalue weighted by Crippen LogP contribution is -1.91. The van der Waals surface area contributed by atoms with E-state index in [9.17, 15) is 0 Å². The van der Waals surface area contributed by atoms with E-state index in [1.165, 1.54) is 5.56 Å². The fourth-order valence-corrected chi connectivity index (χ4v) is 3.59. The second-order valence-electron chi connectivity index (χ2n) is 5.27. The van der Waals surface area contributed by atoms with E-state index in [-0.39, 0.29) is 0 Å². The highest BCUT2D eigenvalue weighted by Crippen LogP contribution is 2.34. The molecule has 0 spiro atoms. The van der Waals surface area contributed by atoms with E-state index in [1.807, 2.05) is 55.5 Å². The predicted molar refractivity (Wildman–Crippen MR) is 95.1 cm³/mol. The van der Waals surface area contributed by atoms with Gasteiger partial charge >= 0.3 is 0 Å². The first-order chi connectivity index (χ1) is 11.2. The van der Waals surface area contributed by atoms with E-state index in [0.717, 1.165) is 43.7 Å². The minimum atomic E-state index is 0.747. The number of hydrogen-bond acceptors (Lipinski definition) is 4. The number of benzene rings is 2. The van der Waals surface area contributed by atoms with Crippen LogP contribution in [0.15, 0.2) is 58.0 Å². The van der Waals surface area contributed by atoms with Crippen molar-refractivity contribution in [2.75, 3.05) is 0 Å². The van der Waals surface area contributed by atoms with E-state index in [2.05, 4.69) is 9.97 Å². The lowest BCUT2D eigenvalue weighted by Gasteiger charge is -2.03. The number of rotatable bonds is 3. The summed E-state index contributed by atoms with van der Waals surface area (Å²) >= 11 is 7.58. The lowest BCUT2D eigenvalue weighted by molar-refractivity contribution is 0.652. The van der Waals surface area contributed by atoms with Crippen molar-refractivity contribution in [3.63, 3.8) is 0 Å². The summed E-state index contributed by atoms with van der Waals surface area (Å²) in [5.41, 5.74) is 3.68. The zero-order valence-electron chi connectivity index (χ0n) is 12.4. The Kier molecular flexibility index (Phi) is 3.71. The molecular formula is C18H13ClN2OS. The van der Waals surface area contributed by atoms with Gasteiger partial charge in [-0.2, -0.15) is 0 Å². The quantitative estimate of drug-likeness (QED) is 0.358. The molecule has 0 amide bonds. The van der Waals surface area contributed by atoms with Gasteiger partial charge in [0.15, 0.2) is 5.58 Å². The van der Waals surface area contributed by atoms with Gasteiger partial charge in [0.2, 0.25) is 0 Å². The van der Waals surface area contributed by atoms with E-state index in [1.54, 1.807) is 11.8 Å². The molecule has 2 aromatic heterocycles. The molecule has 114 valence electrons. The molecule has 2 heterocycles. The zero-order valence-corrected chi connectivity index (χ0v) is 14.0. The molecule has 0 aliphatic heterocycles. The fraction of sp³-hybridized carbons (Fsp3) is 0.111. The average Bonchev–Trinajstić information content (AvgIpc) is 2.93. The van der Waals surface area contributed by atoms with Crippen LogP contribution in [-0.2, 0) is 5.75 Å². The smallest absolute Gasteiger partial charge is 0.186 e. The third-order valence-corrected chi connectivity index (χ3v) is 4.87. The van der Waals surface area contributed by atoms with E-state index in [4.69, 9.17) is 16.0 Å². The first-order valence-electron chi connectivity index (χ1n) is 7.24. The standard InChI is InChI=1S/C18H13ClN2OS/c1-11-20-16-14-4-2-3-5-15(14)22-17(16)18(21-11)23-10-12-6-8-13(19)9-7-12/h2-9H,10H2,1H3. The van der Waals surface area contributed by atoms with Gasteiger partial charge in [-0.25, -0.2) is 9.97 Å². The van der Waals surface area contributed by atoms with Crippen LogP contribution < -0.4 is 0 Å². The minimum Gasteiger partial charge on any atom is -0.451 e. The van der Waals surface area contributed by atoms with Gasteiger partial charge in [0, 0.05) is 16.2 Å². The number of aromatic nitrogens is 2. The number of nitrogens with zero attached hydrogens (tertiary/aromatic N) is 2. The van der Waals surface area contributed by atoms with Crippen LogP contribution in [0.25, 0.3) is 22.1 Å². The van der Waals surface area contributed by atoms with E-state index < -0.39 is 0 Å². The van der Waals surface area contributed by atoms with Crippen molar-refractivity contribution < 1.29 is 4.42 Å². The summed E-state index contributed by atoms with van der Waals surface area (Å²) in [6, 6.07) is 15.8. The Morgan fingerprint density at radius 1 is 1.04 bits per heavy atom. The van der Waals surface area contributed by atoms with Crippen LogP contribution in [-0.4, -0.2) is 9.97 Å². The van der Waals surface area contributed by atoms with Crippen molar-refractivity contribution in [3.8, 4) is 0 Å². The van der Waals surface area contributed by atoms with Crippen molar-refractivity contribution >= 4 is 45.4 Å². The highest BCUT2D eigenvalue weighted by molar-refractivity contribution is 7.98. The van der Waals surface area contributed by atoms with Gasteiger partial charge in [0.05, 0.1) is 0 Å². The van der Waals surface area contributed by atoms with Gasteiger partial charge in [-0.1, -0.05) is 47.6 Å². The van der Waals surface area contributed by atoms with Crippen LogP contribution in [0.5, 0.6) is 0 Å². The van der Waals surface area contributed by atoms with Crippen LogP contribution >= 0.6 is 23.4 Å². The van der Waals surface area contributed by atoms with Gasteiger partial charge < -0.3 is 4.42 Å². The van der Waals surface area contributed by atoms with Crippen LogP contribution in [0.4, 0.5) is 0 Å². The molecule has 0 aliphatic carbocycles. The SMILES string of the molecule is Cc1nc(SCc2ccc(Cl)cc2)c2oc3ccccc3c2n1.